The minimum absolute atomic E-state index is 0.0318. The predicted octanol–water partition coefficient (Wildman–Crippen LogP) is 6.67. The number of amides is 1. The number of allylic oxidation sites excluding steroid dienone is 1. The molecule has 15 heteroatoms. The summed E-state index contributed by atoms with van der Waals surface area (Å²) in [7, 11) is -8.38. The first-order valence-electron chi connectivity index (χ1n) is 17.8. The highest BCUT2D eigenvalue weighted by molar-refractivity contribution is 7.90. The second-order valence-electron chi connectivity index (χ2n) is 14.1. The van der Waals surface area contributed by atoms with Gasteiger partial charge in [0, 0.05) is 60.1 Å². The van der Waals surface area contributed by atoms with E-state index >= 15 is 0 Å². The van der Waals surface area contributed by atoms with Crippen LogP contribution in [0.15, 0.2) is 113 Å². The van der Waals surface area contributed by atoms with E-state index in [9.17, 15) is 21.6 Å². The van der Waals surface area contributed by atoms with E-state index in [1.54, 1.807) is 30.5 Å². The summed E-state index contributed by atoms with van der Waals surface area (Å²) >= 11 is 6.17. The lowest BCUT2D eigenvalue weighted by molar-refractivity contribution is 0.0979. The van der Waals surface area contributed by atoms with Gasteiger partial charge in [0.25, 0.3) is 15.9 Å². The Bertz CT molecular complexity index is 2410. The summed E-state index contributed by atoms with van der Waals surface area (Å²) in [5, 5.41) is 17.5. The van der Waals surface area contributed by atoms with E-state index in [0.29, 0.717) is 29.5 Å². The molecule has 0 radical (unpaired) electrons. The molecule has 1 aliphatic rings. The van der Waals surface area contributed by atoms with Crippen LogP contribution in [0.4, 0.5) is 5.69 Å². The molecule has 0 unspecified atom stereocenters. The van der Waals surface area contributed by atoms with Gasteiger partial charge < -0.3 is 25.5 Å². The number of aliphatic hydroxyl groups is 1. The number of rotatable bonds is 16. The molecular weight excluding hydrogens is 762 g/mol. The molecule has 6 N–H and O–H groups in total. The molecule has 1 heterocycles. The Hall–Kier alpha value is -4.70. The number of hydrogen-bond acceptors (Lipinski definition) is 9. The molecule has 0 bridgehead atoms. The summed E-state index contributed by atoms with van der Waals surface area (Å²) in [6.45, 7) is 5.97. The molecule has 1 aliphatic carbocycles. The molecule has 1 aromatic heterocycles. The van der Waals surface area contributed by atoms with Crippen molar-refractivity contribution < 1.29 is 31.5 Å². The molecule has 0 spiro atoms. The van der Waals surface area contributed by atoms with Crippen LogP contribution < -0.4 is 24.8 Å². The topological polar surface area (TPSA) is 179 Å². The van der Waals surface area contributed by atoms with E-state index in [0.717, 1.165) is 61.0 Å². The Labute approximate surface area is 326 Å². The van der Waals surface area contributed by atoms with Crippen molar-refractivity contribution in [2.75, 3.05) is 38.1 Å². The lowest BCUT2D eigenvalue weighted by atomic mass is 9.72. The van der Waals surface area contributed by atoms with Crippen LogP contribution in [0.25, 0.3) is 16.5 Å². The zero-order valence-corrected chi connectivity index (χ0v) is 32.9. The summed E-state index contributed by atoms with van der Waals surface area (Å²) in [5.41, 5.74) is 5.69. The molecule has 0 fully saturated rings. The number of halogens is 1. The Morgan fingerprint density at radius 2 is 1.60 bits per heavy atom. The number of hydrogen-bond donors (Lipinski definition) is 6. The molecule has 0 atom stereocenters. The standard InChI is InChI=1S/C40H44ClN5O7S2/c1-40(2)17-15-29(36(25-40)27-3-5-30(41)6-4-27)26-42-19-20-43-31-7-13-35(38(24-31)53-32-8-14-37-28(23-32)16-18-44-37)39(48)46-55(51,52)34-11-9-33(10-12-34)54(49,50)45-21-22-47/h3-14,16,18,23-24,42-45,47H,15,17,19-22,25-26H2,1-2H3,(H,46,48). The maximum absolute atomic E-state index is 13.6. The predicted molar refractivity (Wildman–Crippen MR) is 216 cm³/mol. The minimum atomic E-state index is -4.42. The lowest BCUT2D eigenvalue weighted by Crippen LogP contribution is -2.31. The van der Waals surface area contributed by atoms with E-state index in [2.05, 4.69) is 51.0 Å². The van der Waals surface area contributed by atoms with Crippen LogP contribution in [0.3, 0.4) is 0 Å². The number of aliphatic hydroxyl groups excluding tert-OH is 1. The fraction of sp³-hybridized carbons (Fsp3) is 0.275. The number of sulfonamides is 2. The first-order chi connectivity index (χ1) is 26.2. The number of carbonyl (C=O) groups excluding carboxylic acids is 1. The maximum atomic E-state index is 13.6. The molecule has 0 saturated heterocycles. The van der Waals surface area contributed by atoms with Crippen molar-refractivity contribution in [2.45, 2.75) is 42.9 Å². The summed E-state index contributed by atoms with van der Waals surface area (Å²) in [6, 6.07) is 24.5. The third kappa shape index (κ3) is 10.1. The van der Waals surface area contributed by atoms with Gasteiger partial charge in [0.05, 0.1) is 22.0 Å². The monoisotopic (exact) mass is 805 g/mol. The van der Waals surface area contributed by atoms with Gasteiger partial charge in [0.15, 0.2) is 0 Å². The number of H-pyrrole nitrogens is 1. The number of aromatic nitrogens is 1. The lowest BCUT2D eigenvalue weighted by Gasteiger charge is -2.34. The third-order valence-electron chi connectivity index (χ3n) is 9.40. The fourth-order valence-corrected chi connectivity index (χ4v) is 8.56. The Morgan fingerprint density at radius 1 is 0.873 bits per heavy atom. The molecule has 0 aliphatic heterocycles. The quantitative estimate of drug-likeness (QED) is 0.0595. The van der Waals surface area contributed by atoms with Gasteiger partial charge in [-0.25, -0.2) is 26.3 Å². The van der Waals surface area contributed by atoms with Crippen molar-refractivity contribution in [3.63, 3.8) is 0 Å². The Morgan fingerprint density at radius 3 is 2.33 bits per heavy atom. The van der Waals surface area contributed by atoms with E-state index in [1.807, 2.05) is 24.3 Å². The van der Waals surface area contributed by atoms with Crippen LogP contribution in [0.2, 0.25) is 5.02 Å². The van der Waals surface area contributed by atoms with E-state index in [4.69, 9.17) is 21.4 Å². The van der Waals surface area contributed by atoms with Crippen LogP contribution in [0.5, 0.6) is 11.5 Å². The van der Waals surface area contributed by atoms with E-state index in [1.165, 1.54) is 22.8 Å². The van der Waals surface area contributed by atoms with Crippen molar-refractivity contribution in [3.8, 4) is 11.5 Å². The highest BCUT2D eigenvalue weighted by Gasteiger charge is 2.28. The number of anilines is 1. The van der Waals surface area contributed by atoms with E-state index in [-0.39, 0.29) is 33.1 Å². The first-order valence-corrected chi connectivity index (χ1v) is 21.2. The van der Waals surface area contributed by atoms with Gasteiger partial charge >= 0.3 is 0 Å². The molecule has 290 valence electrons. The first kappa shape index (κ1) is 40.0. The normalized spacial score (nSPS) is 14.5. The van der Waals surface area contributed by atoms with Gasteiger partial charge in [-0.15, -0.1) is 0 Å². The van der Waals surface area contributed by atoms with Crippen LogP contribution in [-0.2, 0) is 20.0 Å². The smallest absolute Gasteiger partial charge is 0.268 e. The summed E-state index contributed by atoms with van der Waals surface area (Å²) < 4.78 is 61.7. The second-order valence-corrected chi connectivity index (χ2v) is 18.0. The maximum Gasteiger partial charge on any atom is 0.268 e. The molecular formula is C40H44ClN5O7S2. The van der Waals surface area contributed by atoms with Gasteiger partial charge in [0.2, 0.25) is 10.0 Å². The summed E-state index contributed by atoms with van der Waals surface area (Å²) in [4.78, 5) is 16.2. The number of carbonyl (C=O) groups is 1. The average molecular weight is 806 g/mol. The van der Waals surface area contributed by atoms with Crippen molar-refractivity contribution in [1.82, 2.24) is 19.7 Å². The van der Waals surface area contributed by atoms with Gasteiger partial charge in [-0.2, -0.15) is 0 Å². The van der Waals surface area contributed by atoms with Crippen LogP contribution >= 0.6 is 11.6 Å². The second kappa shape index (κ2) is 17.0. The number of fused-ring (bicyclic) bond motifs is 1. The molecule has 12 nitrogen and oxygen atoms in total. The van der Waals surface area contributed by atoms with Crippen LogP contribution in [0, 0.1) is 5.41 Å². The molecule has 55 heavy (non-hydrogen) atoms. The highest BCUT2D eigenvalue weighted by Crippen LogP contribution is 2.43. The number of aromatic amines is 1. The van der Waals surface area contributed by atoms with Gasteiger partial charge in [-0.3, -0.25) is 4.79 Å². The van der Waals surface area contributed by atoms with Crippen LogP contribution in [0.1, 0.15) is 49.0 Å². The zero-order chi connectivity index (χ0) is 39.2. The Balaban J connectivity index is 1.16. The minimum Gasteiger partial charge on any atom is -0.456 e. The molecule has 1 amide bonds. The fourth-order valence-electron chi connectivity index (χ4n) is 6.44. The molecule has 5 aromatic rings. The summed E-state index contributed by atoms with van der Waals surface area (Å²) in [6.07, 6.45) is 4.91. The zero-order valence-electron chi connectivity index (χ0n) is 30.5. The number of nitrogens with one attached hydrogen (secondary N) is 5. The van der Waals surface area contributed by atoms with Crippen molar-refractivity contribution in [3.05, 3.63) is 119 Å². The number of benzene rings is 4. The third-order valence-corrected chi connectivity index (χ3v) is 12.5. The van der Waals surface area contributed by atoms with Crippen LogP contribution in [-0.4, -0.2) is 65.6 Å². The average Bonchev–Trinajstić information content (AvgIpc) is 3.63. The molecule has 4 aromatic carbocycles. The largest absolute Gasteiger partial charge is 0.456 e. The Kier molecular flexibility index (Phi) is 12.3. The molecule has 6 rings (SSSR count). The van der Waals surface area contributed by atoms with Gasteiger partial charge in [-0.05, 0) is 109 Å². The highest BCUT2D eigenvalue weighted by atomic mass is 35.5. The number of ether oxygens (including phenoxy) is 1. The SMILES string of the molecule is CC1(C)CCC(CNCCNc2ccc(C(=O)NS(=O)(=O)c3ccc(S(=O)(=O)NCCO)cc3)c(Oc3ccc4[nH]ccc4c3)c2)=C(c2ccc(Cl)cc2)C1. The van der Waals surface area contributed by atoms with Crippen molar-refractivity contribution >= 4 is 59.7 Å². The van der Waals surface area contributed by atoms with Crippen molar-refractivity contribution in [1.29, 1.82) is 0 Å². The van der Waals surface area contributed by atoms with Gasteiger partial charge in [-0.1, -0.05) is 43.2 Å². The molecule has 0 saturated carbocycles. The van der Waals surface area contributed by atoms with E-state index < -0.39 is 32.6 Å². The van der Waals surface area contributed by atoms with Gasteiger partial charge in [0.1, 0.15) is 11.5 Å². The summed E-state index contributed by atoms with van der Waals surface area (Å²) in [5.74, 6) is -0.373. The van der Waals surface area contributed by atoms with Crippen molar-refractivity contribution in [2.24, 2.45) is 5.41 Å².